The monoisotopic (exact) mass is 346 g/mol. The molecule has 0 bridgehead atoms. The standard InChI is InChI=1S/C15H32O4S.K/c1-3-4-5-6-7-8-9-10-11-12-13-14-15(2,16)20(17,18)19;/h16H,3-14H2,1-2H3,(H,17,18,19);/q;+1/p-1. The predicted octanol–water partition coefficient (Wildman–Crippen LogP) is 0.945. The second-order valence-corrected chi connectivity index (χ2v) is 7.70. The first-order valence-electron chi connectivity index (χ1n) is 7.99. The molecule has 0 amide bonds. The molecule has 6 heteroatoms. The van der Waals surface area contributed by atoms with E-state index < -0.39 is 15.1 Å². The van der Waals surface area contributed by atoms with E-state index in [2.05, 4.69) is 6.92 Å². The van der Waals surface area contributed by atoms with E-state index in [-0.39, 0.29) is 57.8 Å². The van der Waals surface area contributed by atoms with Crippen molar-refractivity contribution < 1.29 is 69.5 Å². The van der Waals surface area contributed by atoms with Crippen molar-refractivity contribution >= 4 is 10.1 Å². The zero-order valence-electron chi connectivity index (χ0n) is 14.1. The van der Waals surface area contributed by atoms with Gasteiger partial charge in [-0.15, -0.1) is 0 Å². The van der Waals surface area contributed by atoms with Crippen LogP contribution in [0.3, 0.4) is 0 Å². The minimum absolute atomic E-state index is 0. The Balaban J connectivity index is 0. The summed E-state index contributed by atoms with van der Waals surface area (Å²) >= 11 is 0. The van der Waals surface area contributed by atoms with Crippen LogP contribution < -0.4 is 51.4 Å². The zero-order valence-corrected chi connectivity index (χ0v) is 18.0. The molecule has 0 aromatic heterocycles. The van der Waals surface area contributed by atoms with Gasteiger partial charge in [0.05, 0.1) is 0 Å². The molecule has 0 aromatic carbocycles. The van der Waals surface area contributed by atoms with Crippen LogP contribution in [-0.4, -0.2) is 23.0 Å². The summed E-state index contributed by atoms with van der Waals surface area (Å²) in [6.07, 6.45) is 12.8. The summed E-state index contributed by atoms with van der Waals surface area (Å²) in [7, 11) is -4.61. The molecule has 122 valence electrons. The van der Waals surface area contributed by atoms with E-state index in [4.69, 9.17) is 0 Å². The molecular weight excluding hydrogens is 315 g/mol. The fourth-order valence-electron chi connectivity index (χ4n) is 2.24. The van der Waals surface area contributed by atoms with Gasteiger partial charge in [-0.3, -0.25) is 0 Å². The van der Waals surface area contributed by atoms with E-state index in [0.717, 1.165) is 26.2 Å². The third kappa shape index (κ3) is 13.6. The van der Waals surface area contributed by atoms with Crippen molar-refractivity contribution in [2.45, 2.75) is 95.8 Å². The van der Waals surface area contributed by atoms with E-state index in [1.807, 2.05) is 0 Å². The van der Waals surface area contributed by atoms with Gasteiger partial charge in [0.1, 0.15) is 10.1 Å². The molecule has 0 saturated heterocycles. The molecule has 0 aliphatic rings. The maximum Gasteiger partial charge on any atom is 1.00 e. The predicted molar refractivity (Wildman–Crippen MR) is 81.4 cm³/mol. The van der Waals surface area contributed by atoms with Gasteiger partial charge in [-0.25, -0.2) is 8.42 Å². The van der Waals surface area contributed by atoms with Crippen molar-refractivity contribution in [1.82, 2.24) is 0 Å². The zero-order chi connectivity index (χ0) is 15.5. The summed E-state index contributed by atoms with van der Waals surface area (Å²) in [6, 6.07) is 0. The molecule has 0 aromatic rings. The van der Waals surface area contributed by atoms with Gasteiger partial charge in [0.25, 0.3) is 0 Å². The van der Waals surface area contributed by atoms with Gasteiger partial charge < -0.3 is 9.66 Å². The molecule has 0 heterocycles. The van der Waals surface area contributed by atoms with Crippen LogP contribution in [0.15, 0.2) is 0 Å². The first-order chi connectivity index (χ1) is 9.31. The molecular formula is C15H31KO4S. The van der Waals surface area contributed by atoms with Gasteiger partial charge in [0.2, 0.25) is 0 Å². The fraction of sp³-hybridized carbons (Fsp3) is 1.00. The molecule has 1 atom stereocenters. The van der Waals surface area contributed by atoms with Gasteiger partial charge in [-0.05, 0) is 19.8 Å². The average Bonchev–Trinajstić information content (AvgIpc) is 2.34. The number of hydrogen-bond acceptors (Lipinski definition) is 4. The van der Waals surface area contributed by atoms with Crippen LogP contribution in [-0.2, 0) is 10.1 Å². The van der Waals surface area contributed by atoms with Crippen molar-refractivity contribution in [1.29, 1.82) is 0 Å². The van der Waals surface area contributed by atoms with E-state index in [0.29, 0.717) is 6.42 Å². The Hall–Kier alpha value is 1.51. The third-order valence-electron chi connectivity index (χ3n) is 3.78. The van der Waals surface area contributed by atoms with Crippen molar-refractivity contribution in [3.8, 4) is 0 Å². The molecule has 4 nitrogen and oxygen atoms in total. The van der Waals surface area contributed by atoms with Gasteiger partial charge in [0, 0.05) is 0 Å². The first-order valence-corrected chi connectivity index (χ1v) is 9.40. The van der Waals surface area contributed by atoms with Crippen LogP contribution in [0.5, 0.6) is 0 Å². The average molecular weight is 347 g/mol. The van der Waals surface area contributed by atoms with Gasteiger partial charge in [0.15, 0.2) is 4.93 Å². The Morgan fingerprint density at radius 2 is 1.19 bits per heavy atom. The maximum atomic E-state index is 10.8. The second-order valence-electron chi connectivity index (χ2n) is 5.91. The molecule has 0 rings (SSSR count). The molecule has 0 aliphatic heterocycles. The first kappa shape index (κ1) is 24.8. The molecule has 21 heavy (non-hydrogen) atoms. The Bertz CT molecular complexity index is 329. The molecule has 0 radical (unpaired) electrons. The summed E-state index contributed by atoms with van der Waals surface area (Å²) in [6.45, 7) is 3.31. The SMILES string of the molecule is CCCCCCCCCCCCCC(C)(O)S(=O)(=O)[O-].[K+]. The second kappa shape index (κ2) is 13.9. The molecule has 0 aliphatic carbocycles. The normalized spacial score (nSPS) is 14.5. The van der Waals surface area contributed by atoms with Gasteiger partial charge in [-0.1, -0.05) is 71.1 Å². The maximum absolute atomic E-state index is 10.8. The molecule has 0 saturated carbocycles. The number of aliphatic hydroxyl groups is 1. The topological polar surface area (TPSA) is 77.4 Å². The minimum Gasteiger partial charge on any atom is -0.746 e. The fourth-order valence-corrected chi connectivity index (χ4v) is 2.64. The van der Waals surface area contributed by atoms with Crippen molar-refractivity contribution in [3.05, 3.63) is 0 Å². The van der Waals surface area contributed by atoms with Gasteiger partial charge in [-0.2, -0.15) is 0 Å². The minimum atomic E-state index is -4.61. The van der Waals surface area contributed by atoms with Crippen molar-refractivity contribution in [2.24, 2.45) is 0 Å². The third-order valence-corrected chi connectivity index (χ3v) is 5.06. The number of rotatable bonds is 13. The Morgan fingerprint density at radius 3 is 1.52 bits per heavy atom. The van der Waals surface area contributed by atoms with Crippen LogP contribution >= 0.6 is 0 Å². The van der Waals surface area contributed by atoms with Crippen LogP contribution in [0, 0.1) is 0 Å². The van der Waals surface area contributed by atoms with Crippen LogP contribution in [0.25, 0.3) is 0 Å². The number of unbranched alkanes of at least 4 members (excludes halogenated alkanes) is 10. The summed E-state index contributed by atoms with van der Waals surface area (Å²) in [5.74, 6) is 0. The van der Waals surface area contributed by atoms with E-state index in [1.54, 1.807) is 0 Å². The summed E-state index contributed by atoms with van der Waals surface area (Å²) in [4.78, 5) is -2.10. The summed E-state index contributed by atoms with van der Waals surface area (Å²) in [5, 5.41) is 9.49. The van der Waals surface area contributed by atoms with E-state index >= 15 is 0 Å². The van der Waals surface area contributed by atoms with Crippen LogP contribution in [0.1, 0.15) is 90.9 Å². The summed E-state index contributed by atoms with van der Waals surface area (Å²) in [5.41, 5.74) is 0. The molecule has 0 spiro atoms. The smallest absolute Gasteiger partial charge is 0.746 e. The largest absolute Gasteiger partial charge is 1.00 e. The van der Waals surface area contributed by atoms with E-state index in [1.165, 1.54) is 44.9 Å². The van der Waals surface area contributed by atoms with Crippen molar-refractivity contribution in [2.75, 3.05) is 0 Å². The van der Waals surface area contributed by atoms with Crippen LogP contribution in [0.4, 0.5) is 0 Å². The quantitative estimate of drug-likeness (QED) is 0.306. The van der Waals surface area contributed by atoms with Crippen molar-refractivity contribution in [3.63, 3.8) is 0 Å². The number of hydrogen-bond donors (Lipinski definition) is 1. The van der Waals surface area contributed by atoms with Gasteiger partial charge >= 0.3 is 51.4 Å². The Kier molecular flexibility index (Phi) is 16.4. The Morgan fingerprint density at radius 1 is 0.857 bits per heavy atom. The molecule has 1 N–H and O–H groups in total. The Labute approximate surface area is 173 Å². The van der Waals surface area contributed by atoms with E-state index in [9.17, 15) is 18.1 Å². The van der Waals surface area contributed by atoms with Crippen LogP contribution in [0.2, 0.25) is 0 Å². The summed E-state index contributed by atoms with van der Waals surface area (Å²) < 4.78 is 32.3. The molecule has 1 unspecified atom stereocenters. The molecule has 0 fully saturated rings.